The standard InChI is InChI=1S/C13H16O4/c1-8(2)12-6-5-11(16-9(3)14)7-13(12)17-10(4)15/h5-8H,1-4H3. The molecule has 1 aromatic carbocycles. The van der Waals surface area contributed by atoms with Crippen molar-refractivity contribution in [1.29, 1.82) is 0 Å². The van der Waals surface area contributed by atoms with Crippen LogP contribution in [0.1, 0.15) is 39.2 Å². The number of ether oxygens (including phenoxy) is 2. The summed E-state index contributed by atoms with van der Waals surface area (Å²) in [6, 6.07) is 5.03. The Kier molecular flexibility index (Phi) is 4.26. The largest absolute Gasteiger partial charge is 0.427 e. The van der Waals surface area contributed by atoms with Crippen molar-refractivity contribution < 1.29 is 19.1 Å². The van der Waals surface area contributed by atoms with Gasteiger partial charge in [-0.25, -0.2) is 0 Å². The van der Waals surface area contributed by atoms with Gasteiger partial charge in [-0.1, -0.05) is 19.9 Å². The molecular formula is C13H16O4. The summed E-state index contributed by atoms with van der Waals surface area (Å²) < 4.78 is 10.0. The molecule has 0 aliphatic heterocycles. The van der Waals surface area contributed by atoms with E-state index in [1.165, 1.54) is 13.8 Å². The second kappa shape index (κ2) is 5.48. The molecule has 0 radical (unpaired) electrons. The summed E-state index contributed by atoms with van der Waals surface area (Å²) >= 11 is 0. The van der Waals surface area contributed by atoms with Gasteiger partial charge < -0.3 is 9.47 Å². The number of carbonyl (C=O) groups excluding carboxylic acids is 2. The number of esters is 2. The molecule has 0 atom stereocenters. The van der Waals surface area contributed by atoms with Crippen molar-refractivity contribution in [2.45, 2.75) is 33.6 Å². The van der Waals surface area contributed by atoms with Gasteiger partial charge in [0, 0.05) is 19.9 Å². The Morgan fingerprint density at radius 1 is 1.06 bits per heavy atom. The first kappa shape index (κ1) is 13.2. The Bertz CT molecular complexity index is 435. The lowest BCUT2D eigenvalue weighted by Crippen LogP contribution is -2.06. The molecule has 0 aliphatic carbocycles. The molecule has 0 saturated carbocycles. The normalized spacial score (nSPS) is 10.2. The highest BCUT2D eigenvalue weighted by Crippen LogP contribution is 2.30. The average Bonchev–Trinajstić information content (AvgIpc) is 2.15. The van der Waals surface area contributed by atoms with E-state index in [4.69, 9.17) is 9.47 Å². The third-order valence-electron chi connectivity index (χ3n) is 2.12. The predicted octanol–water partition coefficient (Wildman–Crippen LogP) is 2.66. The van der Waals surface area contributed by atoms with Crippen LogP contribution >= 0.6 is 0 Å². The number of hydrogen-bond acceptors (Lipinski definition) is 4. The van der Waals surface area contributed by atoms with Crippen molar-refractivity contribution in [3.63, 3.8) is 0 Å². The van der Waals surface area contributed by atoms with Crippen LogP contribution in [0.5, 0.6) is 11.5 Å². The molecule has 92 valence electrons. The molecule has 4 heteroatoms. The summed E-state index contributed by atoms with van der Waals surface area (Å²) in [5, 5.41) is 0. The van der Waals surface area contributed by atoms with Crippen LogP contribution in [0.4, 0.5) is 0 Å². The smallest absolute Gasteiger partial charge is 0.308 e. The first-order valence-electron chi connectivity index (χ1n) is 5.41. The molecule has 0 N–H and O–H groups in total. The van der Waals surface area contributed by atoms with Crippen LogP contribution in [0.25, 0.3) is 0 Å². The zero-order chi connectivity index (χ0) is 13.0. The van der Waals surface area contributed by atoms with Crippen molar-refractivity contribution >= 4 is 11.9 Å². The van der Waals surface area contributed by atoms with Gasteiger partial charge >= 0.3 is 11.9 Å². The third kappa shape index (κ3) is 3.90. The first-order chi connectivity index (χ1) is 7.90. The molecular weight excluding hydrogens is 220 g/mol. The molecule has 1 rings (SSSR count). The third-order valence-corrected chi connectivity index (χ3v) is 2.12. The summed E-state index contributed by atoms with van der Waals surface area (Å²) in [4.78, 5) is 21.8. The molecule has 0 heterocycles. The summed E-state index contributed by atoms with van der Waals surface area (Å²) in [6.45, 7) is 6.64. The maximum Gasteiger partial charge on any atom is 0.308 e. The van der Waals surface area contributed by atoms with Gasteiger partial charge in [-0.3, -0.25) is 9.59 Å². The molecule has 17 heavy (non-hydrogen) atoms. The van der Waals surface area contributed by atoms with Gasteiger partial charge in [-0.2, -0.15) is 0 Å². The minimum absolute atomic E-state index is 0.218. The second-order valence-electron chi connectivity index (χ2n) is 4.04. The van der Waals surface area contributed by atoms with Crippen LogP contribution in [-0.4, -0.2) is 11.9 Å². The molecule has 0 saturated heterocycles. The minimum Gasteiger partial charge on any atom is -0.427 e. The quantitative estimate of drug-likeness (QED) is 0.598. The van der Waals surface area contributed by atoms with Gasteiger partial charge in [0.1, 0.15) is 11.5 Å². The fourth-order valence-electron chi connectivity index (χ4n) is 1.46. The van der Waals surface area contributed by atoms with E-state index in [2.05, 4.69) is 0 Å². The zero-order valence-corrected chi connectivity index (χ0v) is 10.4. The van der Waals surface area contributed by atoms with Crippen LogP contribution in [0.2, 0.25) is 0 Å². The lowest BCUT2D eigenvalue weighted by Gasteiger charge is -2.13. The van der Waals surface area contributed by atoms with Gasteiger partial charge in [-0.05, 0) is 17.5 Å². The number of benzene rings is 1. The minimum atomic E-state index is -0.406. The lowest BCUT2D eigenvalue weighted by molar-refractivity contribution is -0.132. The van der Waals surface area contributed by atoms with E-state index >= 15 is 0 Å². The number of rotatable bonds is 3. The summed E-state index contributed by atoms with van der Waals surface area (Å²) in [5.41, 5.74) is 0.899. The van der Waals surface area contributed by atoms with E-state index in [0.29, 0.717) is 11.5 Å². The van der Waals surface area contributed by atoms with Crippen molar-refractivity contribution in [3.8, 4) is 11.5 Å². The van der Waals surface area contributed by atoms with Crippen molar-refractivity contribution in [3.05, 3.63) is 23.8 Å². The fraction of sp³-hybridized carbons (Fsp3) is 0.385. The van der Waals surface area contributed by atoms with Crippen molar-refractivity contribution in [2.24, 2.45) is 0 Å². The maximum absolute atomic E-state index is 11.0. The van der Waals surface area contributed by atoms with Crippen molar-refractivity contribution in [2.75, 3.05) is 0 Å². The van der Waals surface area contributed by atoms with E-state index in [1.54, 1.807) is 18.2 Å². The van der Waals surface area contributed by atoms with Gasteiger partial charge in [0.15, 0.2) is 0 Å². The molecule has 0 spiro atoms. The molecule has 0 bridgehead atoms. The van der Waals surface area contributed by atoms with Crippen LogP contribution in [0.15, 0.2) is 18.2 Å². The zero-order valence-electron chi connectivity index (χ0n) is 10.4. The van der Waals surface area contributed by atoms with Crippen LogP contribution < -0.4 is 9.47 Å². The van der Waals surface area contributed by atoms with Crippen LogP contribution in [0.3, 0.4) is 0 Å². The van der Waals surface area contributed by atoms with Gasteiger partial charge in [0.05, 0.1) is 0 Å². The van der Waals surface area contributed by atoms with Gasteiger partial charge in [0.25, 0.3) is 0 Å². The topological polar surface area (TPSA) is 52.6 Å². The number of hydrogen-bond donors (Lipinski definition) is 0. The van der Waals surface area contributed by atoms with Crippen LogP contribution in [-0.2, 0) is 9.59 Å². The average molecular weight is 236 g/mol. The summed E-state index contributed by atoms with van der Waals surface area (Å²) in [5.74, 6) is 0.225. The molecule has 0 unspecified atom stereocenters. The number of carbonyl (C=O) groups is 2. The monoisotopic (exact) mass is 236 g/mol. The summed E-state index contributed by atoms with van der Waals surface area (Å²) in [6.07, 6.45) is 0. The molecule has 0 aromatic heterocycles. The Hall–Kier alpha value is -1.84. The molecule has 0 aliphatic rings. The maximum atomic E-state index is 11.0. The van der Waals surface area contributed by atoms with E-state index in [0.717, 1.165) is 5.56 Å². The Labute approximate surface area is 101 Å². The molecule has 1 aromatic rings. The Balaban J connectivity index is 3.09. The highest BCUT2D eigenvalue weighted by Gasteiger charge is 2.12. The highest BCUT2D eigenvalue weighted by atomic mass is 16.5. The second-order valence-corrected chi connectivity index (χ2v) is 4.04. The van der Waals surface area contributed by atoms with Crippen molar-refractivity contribution in [1.82, 2.24) is 0 Å². The molecule has 4 nitrogen and oxygen atoms in total. The lowest BCUT2D eigenvalue weighted by atomic mass is 10.0. The van der Waals surface area contributed by atoms with E-state index < -0.39 is 11.9 Å². The van der Waals surface area contributed by atoms with Gasteiger partial charge in [0.2, 0.25) is 0 Å². The SMILES string of the molecule is CC(=O)Oc1ccc(C(C)C)c(OC(C)=O)c1. The van der Waals surface area contributed by atoms with E-state index in [1.807, 2.05) is 13.8 Å². The van der Waals surface area contributed by atoms with E-state index in [-0.39, 0.29) is 5.92 Å². The summed E-state index contributed by atoms with van der Waals surface area (Å²) in [7, 11) is 0. The molecule has 0 amide bonds. The molecule has 0 fully saturated rings. The predicted molar refractivity (Wildman–Crippen MR) is 63.1 cm³/mol. The highest BCUT2D eigenvalue weighted by molar-refractivity contribution is 5.71. The Morgan fingerprint density at radius 2 is 1.65 bits per heavy atom. The van der Waals surface area contributed by atoms with E-state index in [9.17, 15) is 9.59 Å². The van der Waals surface area contributed by atoms with Gasteiger partial charge in [-0.15, -0.1) is 0 Å². The van der Waals surface area contributed by atoms with Crippen LogP contribution in [0, 0.1) is 0 Å². The first-order valence-corrected chi connectivity index (χ1v) is 5.41. The Morgan fingerprint density at radius 3 is 2.12 bits per heavy atom. The fourth-order valence-corrected chi connectivity index (χ4v) is 1.46.